The SMILES string of the molecule is O=C(NCc1cccc(C(F)(F)F)c1F)[C@]1(F)CC[C@H](O)c2ncccc21. The van der Waals surface area contributed by atoms with E-state index in [1.54, 1.807) is 0 Å². The molecule has 3 rings (SSSR count). The molecule has 1 aromatic carbocycles. The fraction of sp³-hybridized carbons (Fsp3) is 0.333. The first-order chi connectivity index (χ1) is 12.6. The molecule has 0 radical (unpaired) electrons. The van der Waals surface area contributed by atoms with Crippen molar-refractivity contribution in [2.24, 2.45) is 0 Å². The third-order valence-electron chi connectivity index (χ3n) is 4.53. The van der Waals surface area contributed by atoms with Crippen LogP contribution in [0.5, 0.6) is 0 Å². The normalized spacial score (nSPS) is 22.2. The first kappa shape index (κ1) is 19.2. The number of amides is 1. The number of aliphatic hydroxyl groups is 1. The molecule has 4 nitrogen and oxygen atoms in total. The van der Waals surface area contributed by atoms with Crippen LogP contribution in [0.15, 0.2) is 36.5 Å². The average molecular weight is 386 g/mol. The summed E-state index contributed by atoms with van der Waals surface area (Å²) in [6, 6.07) is 5.40. The monoisotopic (exact) mass is 386 g/mol. The molecule has 2 atom stereocenters. The summed E-state index contributed by atoms with van der Waals surface area (Å²) in [6.07, 6.45) is -4.92. The van der Waals surface area contributed by atoms with Crippen LogP contribution in [0.25, 0.3) is 0 Å². The standard InChI is InChI=1S/C18H15F5N2O2/c19-14-10(3-1-4-11(14)18(21,22)23)9-25-16(27)17(20)7-6-13(26)15-12(17)5-2-8-24-15/h1-5,8,13,26H,6-7,9H2,(H,25,27)/t13-,17-/m0/s1. The predicted octanol–water partition coefficient (Wildman–Crippen LogP) is 3.55. The highest BCUT2D eigenvalue weighted by Gasteiger charge is 2.46. The highest BCUT2D eigenvalue weighted by molar-refractivity contribution is 5.87. The number of pyridine rings is 1. The molecule has 0 unspecified atom stereocenters. The van der Waals surface area contributed by atoms with Crippen molar-refractivity contribution >= 4 is 5.91 Å². The Morgan fingerprint density at radius 2 is 2.04 bits per heavy atom. The van der Waals surface area contributed by atoms with Gasteiger partial charge in [0.05, 0.1) is 17.4 Å². The number of carbonyl (C=O) groups excluding carboxylic acids is 1. The molecule has 1 heterocycles. The van der Waals surface area contributed by atoms with E-state index in [4.69, 9.17) is 0 Å². The quantitative estimate of drug-likeness (QED) is 0.794. The lowest BCUT2D eigenvalue weighted by Crippen LogP contribution is -2.44. The van der Waals surface area contributed by atoms with Crippen LogP contribution in [-0.4, -0.2) is 16.0 Å². The van der Waals surface area contributed by atoms with Gasteiger partial charge in [0, 0.05) is 23.9 Å². The number of carbonyl (C=O) groups is 1. The zero-order valence-electron chi connectivity index (χ0n) is 13.9. The summed E-state index contributed by atoms with van der Waals surface area (Å²) in [4.78, 5) is 16.3. The summed E-state index contributed by atoms with van der Waals surface area (Å²) in [5.74, 6) is -2.64. The van der Waals surface area contributed by atoms with Crippen LogP contribution in [0.1, 0.15) is 41.3 Å². The summed E-state index contributed by atoms with van der Waals surface area (Å²) in [6.45, 7) is -0.613. The van der Waals surface area contributed by atoms with E-state index in [-0.39, 0.29) is 24.1 Å². The number of nitrogens with zero attached hydrogens (tertiary/aromatic N) is 1. The van der Waals surface area contributed by atoms with Gasteiger partial charge in [-0.25, -0.2) is 8.78 Å². The van der Waals surface area contributed by atoms with Crippen molar-refractivity contribution in [3.63, 3.8) is 0 Å². The van der Waals surface area contributed by atoms with Crippen LogP contribution in [0.2, 0.25) is 0 Å². The molecule has 9 heteroatoms. The molecule has 1 aromatic heterocycles. The molecule has 0 spiro atoms. The number of hydrogen-bond acceptors (Lipinski definition) is 3. The Balaban J connectivity index is 1.82. The number of halogens is 5. The Hall–Kier alpha value is -2.55. The van der Waals surface area contributed by atoms with Crippen molar-refractivity contribution < 1.29 is 31.9 Å². The van der Waals surface area contributed by atoms with E-state index in [1.165, 1.54) is 18.3 Å². The second-order valence-corrected chi connectivity index (χ2v) is 6.25. The summed E-state index contributed by atoms with van der Waals surface area (Å²) in [5, 5.41) is 12.1. The molecule has 0 bridgehead atoms. The molecule has 1 aliphatic rings. The van der Waals surface area contributed by atoms with Gasteiger partial charge in [-0.1, -0.05) is 18.2 Å². The minimum Gasteiger partial charge on any atom is -0.387 e. The first-order valence-corrected chi connectivity index (χ1v) is 8.10. The minimum absolute atomic E-state index is 0.0339. The molecule has 0 aliphatic heterocycles. The van der Waals surface area contributed by atoms with E-state index < -0.39 is 47.3 Å². The molecule has 2 N–H and O–H groups in total. The fourth-order valence-corrected chi connectivity index (χ4v) is 3.11. The number of aromatic nitrogens is 1. The van der Waals surface area contributed by atoms with E-state index in [9.17, 15) is 27.5 Å². The Morgan fingerprint density at radius 3 is 2.74 bits per heavy atom. The van der Waals surface area contributed by atoms with Crippen LogP contribution in [0, 0.1) is 5.82 Å². The van der Waals surface area contributed by atoms with Gasteiger partial charge in [-0.3, -0.25) is 9.78 Å². The lowest BCUT2D eigenvalue weighted by Gasteiger charge is -2.32. The van der Waals surface area contributed by atoms with E-state index in [0.29, 0.717) is 6.07 Å². The number of hydrogen-bond donors (Lipinski definition) is 2. The van der Waals surface area contributed by atoms with Crippen molar-refractivity contribution in [1.29, 1.82) is 0 Å². The summed E-state index contributed by atoms with van der Waals surface area (Å²) in [7, 11) is 0. The van der Waals surface area contributed by atoms with Crippen LogP contribution < -0.4 is 5.32 Å². The molecular formula is C18H15F5N2O2. The van der Waals surface area contributed by atoms with Crippen molar-refractivity contribution in [3.8, 4) is 0 Å². The third-order valence-corrected chi connectivity index (χ3v) is 4.53. The number of benzene rings is 1. The topological polar surface area (TPSA) is 62.2 Å². The first-order valence-electron chi connectivity index (χ1n) is 8.10. The zero-order valence-corrected chi connectivity index (χ0v) is 13.9. The van der Waals surface area contributed by atoms with E-state index in [1.807, 2.05) is 0 Å². The number of alkyl halides is 4. The van der Waals surface area contributed by atoms with Crippen LogP contribution in [0.3, 0.4) is 0 Å². The van der Waals surface area contributed by atoms with Gasteiger partial charge in [0.15, 0.2) is 0 Å². The smallest absolute Gasteiger partial charge is 0.387 e. The largest absolute Gasteiger partial charge is 0.419 e. The van der Waals surface area contributed by atoms with E-state index in [0.717, 1.165) is 12.1 Å². The van der Waals surface area contributed by atoms with Gasteiger partial charge in [0.1, 0.15) is 5.82 Å². The highest BCUT2D eigenvalue weighted by atomic mass is 19.4. The number of aliphatic hydroxyl groups excluding tert-OH is 1. The molecule has 2 aromatic rings. The van der Waals surface area contributed by atoms with Crippen LogP contribution >= 0.6 is 0 Å². The van der Waals surface area contributed by atoms with Crippen LogP contribution in [-0.2, 0) is 23.2 Å². The predicted molar refractivity (Wildman–Crippen MR) is 84.5 cm³/mol. The van der Waals surface area contributed by atoms with Gasteiger partial charge in [-0.2, -0.15) is 13.2 Å². The Bertz CT molecular complexity index is 871. The van der Waals surface area contributed by atoms with Crippen LogP contribution in [0.4, 0.5) is 22.0 Å². The Morgan fingerprint density at radius 1 is 1.30 bits per heavy atom. The van der Waals surface area contributed by atoms with Gasteiger partial charge in [-0.05, 0) is 25.0 Å². The summed E-state index contributed by atoms with van der Waals surface area (Å²) in [5.41, 5.74) is -4.46. The van der Waals surface area contributed by atoms with Gasteiger partial charge in [0.2, 0.25) is 5.67 Å². The van der Waals surface area contributed by atoms with Gasteiger partial charge < -0.3 is 10.4 Å². The molecular weight excluding hydrogens is 371 g/mol. The third kappa shape index (κ3) is 3.51. The minimum atomic E-state index is -4.88. The summed E-state index contributed by atoms with van der Waals surface area (Å²) >= 11 is 0. The highest BCUT2D eigenvalue weighted by Crippen LogP contribution is 2.42. The molecule has 0 saturated carbocycles. The van der Waals surface area contributed by atoms with Crippen molar-refractivity contribution in [2.45, 2.75) is 37.3 Å². The maximum atomic E-state index is 15.4. The van der Waals surface area contributed by atoms with Gasteiger partial charge in [0.25, 0.3) is 5.91 Å². The second-order valence-electron chi connectivity index (χ2n) is 6.25. The molecule has 27 heavy (non-hydrogen) atoms. The molecule has 0 fully saturated rings. The Labute approximate surface area is 151 Å². The fourth-order valence-electron chi connectivity index (χ4n) is 3.11. The maximum Gasteiger partial charge on any atom is 0.419 e. The average Bonchev–Trinajstić information content (AvgIpc) is 2.63. The number of nitrogens with one attached hydrogen (secondary N) is 1. The number of fused-ring (bicyclic) bond motifs is 1. The lowest BCUT2D eigenvalue weighted by molar-refractivity contribution is -0.140. The summed E-state index contributed by atoms with van der Waals surface area (Å²) < 4.78 is 67.7. The second kappa shape index (κ2) is 6.88. The number of rotatable bonds is 3. The van der Waals surface area contributed by atoms with Crippen molar-refractivity contribution in [2.75, 3.05) is 0 Å². The van der Waals surface area contributed by atoms with E-state index in [2.05, 4.69) is 10.3 Å². The van der Waals surface area contributed by atoms with Crippen molar-refractivity contribution in [3.05, 3.63) is 64.7 Å². The maximum absolute atomic E-state index is 15.4. The van der Waals surface area contributed by atoms with Gasteiger partial charge >= 0.3 is 6.18 Å². The molecule has 1 aliphatic carbocycles. The van der Waals surface area contributed by atoms with Gasteiger partial charge in [-0.15, -0.1) is 0 Å². The molecule has 1 amide bonds. The Kier molecular flexibility index (Phi) is 4.90. The van der Waals surface area contributed by atoms with Crippen molar-refractivity contribution in [1.82, 2.24) is 10.3 Å². The zero-order chi connectivity index (χ0) is 19.8. The van der Waals surface area contributed by atoms with E-state index >= 15 is 4.39 Å². The molecule has 144 valence electrons. The molecule has 0 saturated heterocycles. The lowest BCUT2D eigenvalue weighted by atomic mass is 9.81.